The van der Waals surface area contributed by atoms with Gasteiger partial charge in [0.15, 0.2) is 0 Å². The van der Waals surface area contributed by atoms with E-state index in [4.69, 9.17) is 4.74 Å². The molecular formula is C36H34O. The first-order chi connectivity index (χ1) is 17.8. The van der Waals surface area contributed by atoms with Crippen molar-refractivity contribution >= 4 is 5.57 Å². The molecule has 1 aliphatic heterocycles. The molecule has 184 valence electrons. The zero-order valence-electron chi connectivity index (χ0n) is 22.4. The number of fused-ring (bicyclic) bond motifs is 2. The van der Waals surface area contributed by atoms with Crippen LogP contribution in [-0.2, 0) is 0 Å². The fourth-order valence-electron chi connectivity index (χ4n) is 5.48. The van der Waals surface area contributed by atoms with Gasteiger partial charge < -0.3 is 4.74 Å². The second-order valence-corrected chi connectivity index (χ2v) is 10.3. The molecule has 4 aromatic carbocycles. The topological polar surface area (TPSA) is 9.23 Å². The molecule has 0 aromatic heterocycles. The Kier molecular flexibility index (Phi) is 6.72. The average molecular weight is 483 g/mol. The van der Waals surface area contributed by atoms with Crippen LogP contribution in [0.2, 0.25) is 0 Å². The van der Waals surface area contributed by atoms with E-state index >= 15 is 0 Å². The summed E-state index contributed by atoms with van der Waals surface area (Å²) in [6.07, 6.45) is 0. The zero-order valence-corrected chi connectivity index (χ0v) is 22.4. The number of rotatable bonds is 5. The van der Waals surface area contributed by atoms with E-state index in [-0.39, 0.29) is 5.92 Å². The van der Waals surface area contributed by atoms with Crippen LogP contribution in [0.1, 0.15) is 60.1 Å². The lowest BCUT2D eigenvalue weighted by molar-refractivity contribution is 0.452. The summed E-state index contributed by atoms with van der Waals surface area (Å²) in [7, 11) is 0. The number of para-hydroxylation sites is 2. The summed E-state index contributed by atoms with van der Waals surface area (Å²) >= 11 is 0. The van der Waals surface area contributed by atoms with E-state index in [2.05, 4.69) is 138 Å². The van der Waals surface area contributed by atoms with E-state index in [9.17, 15) is 0 Å². The van der Waals surface area contributed by atoms with Gasteiger partial charge in [-0.1, -0.05) is 114 Å². The second-order valence-electron chi connectivity index (χ2n) is 10.3. The molecule has 37 heavy (non-hydrogen) atoms. The minimum Gasteiger partial charge on any atom is -0.457 e. The zero-order chi connectivity index (χ0) is 26.1. The van der Waals surface area contributed by atoms with Crippen molar-refractivity contribution in [2.24, 2.45) is 0 Å². The molecule has 4 aromatic rings. The highest BCUT2D eigenvalue weighted by atomic mass is 16.5. The van der Waals surface area contributed by atoms with Crippen molar-refractivity contribution in [2.75, 3.05) is 0 Å². The van der Waals surface area contributed by atoms with E-state index < -0.39 is 0 Å². The molecule has 0 bridgehead atoms. The van der Waals surface area contributed by atoms with E-state index in [0.717, 1.165) is 17.1 Å². The molecule has 0 amide bonds. The van der Waals surface area contributed by atoms with Gasteiger partial charge in [0.25, 0.3) is 0 Å². The molecule has 1 nitrogen and oxygen atoms in total. The maximum Gasteiger partial charge on any atom is 0.131 e. The minimum absolute atomic E-state index is 0.0136. The molecule has 5 rings (SSSR count). The number of ether oxygens (including phenoxy) is 1. The Morgan fingerprint density at radius 3 is 1.46 bits per heavy atom. The lowest BCUT2D eigenvalue weighted by Crippen LogP contribution is -2.16. The van der Waals surface area contributed by atoms with Crippen molar-refractivity contribution in [1.29, 1.82) is 0 Å². The van der Waals surface area contributed by atoms with E-state index in [1.54, 1.807) is 0 Å². The Morgan fingerprint density at radius 2 is 1.05 bits per heavy atom. The Hall–Kier alpha value is -4.10. The first-order valence-corrected chi connectivity index (χ1v) is 12.9. The Morgan fingerprint density at radius 1 is 0.622 bits per heavy atom. The highest BCUT2D eigenvalue weighted by Crippen LogP contribution is 2.52. The molecule has 0 spiro atoms. The number of benzene rings is 4. The number of aryl methyl sites for hydroxylation is 2. The van der Waals surface area contributed by atoms with E-state index in [1.807, 2.05) is 0 Å². The molecule has 1 heterocycles. The van der Waals surface area contributed by atoms with Crippen molar-refractivity contribution in [2.45, 2.75) is 40.5 Å². The molecular weight excluding hydrogens is 448 g/mol. The number of allylic oxidation sites excluding steroid dienone is 4. The summed E-state index contributed by atoms with van der Waals surface area (Å²) in [5.74, 6) is 1.80. The van der Waals surface area contributed by atoms with E-state index in [0.29, 0.717) is 0 Å². The maximum absolute atomic E-state index is 6.42. The maximum atomic E-state index is 6.42. The van der Waals surface area contributed by atoms with Crippen LogP contribution in [0.5, 0.6) is 11.5 Å². The number of hydrogen-bond acceptors (Lipinski definition) is 1. The van der Waals surface area contributed by atoms with Gasteiger partial charge in [-0.05, 0) is 74.6 Å². The van der Waals surface area contributed by atoms with E-state index in [1.165, 1.54) is 55.7 Å². The predicted octanol–water partition coefficient (Wildman–Crippen LogP) is 9.96. The van der Waals surface area contributed by atoms with Crippen LogP contribution < -0.4 is 4.74 Å². The van der Waals surface area contributed by atoms with Crippen molar-refractivity contribution < 1.29 is 4.74 Å². The molecule has 0 N–H and O–H groups in total. The van der Waals surface area contributed by atoms with Crippen LogP contribution in [0, 0.1) is 13.8 Å². The van der Waals surface area contributed by atoms with Crippen molar-refractivity contribution in [1.82, 2.24) is 0 Å². The summed E-state index contributed by atoms with van der Waals surface area (Å²) < 4.78 is 6.42. The Balaban J connectivity index is 1.97. The van der Waals surface area contributed by atoms with Gasteiger partial charge in [-0.15, -0.1) is 0 Å². The molecule has 0 fully saturated rings. The molecule has 1 heteroatoms. The largest absolute Gasteiger partial charge is 0.457 e. The van der Waals surface area contributed by atoms with Gasteiger partial charge in [-0.25, -0.2) is 0 Å². The summed E-state index contributed by atoms with van der Waals surface area (Å²) in [4.78, 5) is 0. The fourth-order valence-corrected chi connectivity index (χ4v) is 5.48. The van der Waals surface area contributed by atoms with Crippen LogP contribution in [0.25, 0.3) is 5.57 Å². The molecule has 0 atom stereocenters. The quantitative estimate of drug-likeness (QED) is 0.257. The third-order valence-electron chi connectivity index (χ3n) is 7.11. The van der Waals surface area contributed by atoms with Gasteiger partial charge in [0, 0.05) is 17.0 Å². The third kappa shape index (κ3) is 4.70. The van der Waals surface area contributed by atoms with Crippen LogP contribution >= 0.6 is 0 Å². The summed E-state index contributed by atoms with van der Waals surface area (Å²) in [5.41, 5.74) is 13.3. The summed E-state index contributed by atoms with van der Waals surface area (Å²) in [5, 5.41) is 0. The lowest BCUT2D eigenvalue weighted by Gasteiger charge is -2.34. The molecule has 0 radical (unpaired) electrons. The third-order valence-corrected chi connectivity index (χ3v) is 7.11. The van der Waals surface area contributed by atoms with Gasteiger partial charge in [0.2, 0.25) is 0 Å². The summed E-state index contributed by atoms with van der Waals surface area (Å²) in [6, 6.07) is 34.7. The lowest BCUT2D eigenvalue weighted by atomic mass is 9.73. The smallest absolute Gasteiger partial charge is 0.131 e. The van der Waals surface area contributed by atoms with Crippen LogP contribution in [0.4, 0.5) is 0 Å². The van der Waals surface area contributed by atoms with Crippen LogP contribution in [0.3, 0.4) is 0 Å². The van der Waals surface area contributed by atoms with Gasteiger partial charge in [0.05, 0.1) is 0 Å². The van der Waals surface area contributed by atoms with Crippen molar-refractivity contribution in [3.63, 3.8) is 0 Å². The molecule has 1 aliphatic rings. The fraction of sp³-hybridized carbons (Fsp3) is 0.167. The van der Waals surface area contributed by atoms with Crippen molar-refractivity contribution in [3.8, 4) is 11.5 Å². The monoisotopic (exact) mass is 482 g/mol. The standard InChI is InChI=1S/C36H34O/c1-23(2)33(24(3)4)36(34(27-19-15-25(5)16-20-27)28-21-17-26(6)18-22-28)35-29-11-7-9-13-31(29)37-32-14-10-8-12-30(32)35/h7-22,35H,1H2,2-6H3. The first-order valence-electron chi connectivity index (χ1n) is 12.9. The highest BCUT2D eigenvalue weighted by Gasteiger charge is 2.34. The number of hydrogen-bond donors (Lipinski definition) is 0. The average Bonchev–Trinajstić information content (AvgIpc) is 2.88. The Bertz CT molecular complexity index is 1430. The first kappa shape index (κ1) is 24.6. The minimum atomic E-state index is -0.0136. The van der Waals surface area contributed by atoms with Crippen LogP contribution in [0.15, 0.2) is 126 Å². The molecule has 0 saturated heterocycles. The second kappa shape index (κ2) is 10.1. The summed E-state index contributed by atoms with van der Waals surface area (Å²) in [6.45, 7) is 15.3. The van der Waals surface area contributed by atoms with Crippen LogP contribution in [-0.4, -0.2) is 0 Å². The van der Waals surface area contributed by atoms with Gasteiger partial charge >= 0.3 is 0 Å². The molecule has 0 unspecified atom stereocenters. The van der Waals surface area contributed by atoms with Gasteiger partial charge in [0.1, 0.15) is 11.5 Å². The van der Waals surface area contributed by atoms with Gasteiger partial charge in [-0.3, -0.25) is 0 Å². The SMILES string of the molecule is C=C(C)C(=C(C)C)C(=C(c1ccc(C)cc1)c1ccc(C)cc1)C1c2ccccc2Oc2ccccc21. The predicted molar refractivity (Wildman–Crippen MR) is 156 cm³/mol. The van der Waals surface area contributed by atoms with Gasteiger partial charge in [-0.2, -0.15) is 0 Å². The molecule has 0 aliphatic carbocycles. The Labute approximate surface area is 221 Å². The molecule has 0 saturated carbocycles. The van der Waals surface area contributed by atoms with Crippen molar-refractivity contribution in [3.05, 3.63) is 159 Å². The highest BCUT2D eigenvalue weighted by molar-refractivity contribution is 5.88. The normalized spacial score (nSPS) is 12.1.